The first-order valence-corrected chi connectivity index (χ1v) is 6.59. The summed E-state index contributed by atoms with van der Waals surface area (Å²) in [4.78, 5) is 10.3. The highest BCUT2D eigenvalue weighted by Gasteiger charge is 2.28. The number of aromatic carboxylic acids is 1. The van der Waals surface area contributed by atoms with Crippen LogP contribution in [0.4, 0.5) is 4.39 Å². The Morgan fingerprint density at radius 1 is 1.33 bits per heavy atom. The second-order valence-electron chi connectivity index (χ2n) is 4.77. The molecule has 5 nitrogen and oxygen atoms in total. The minimum Gasteiger partial charge on any atom is -0.478 e. The number of hydrogen-bond acceptors (Lipinski definition) is 3. The summed E-state index contributed by atoms with van der Waals surface area (Å²) in [5.41, 5.74) is -1.64. The van der Waals surface area contributed by atoms with Crippen LogP contribution in [-0.2, 0) is 10.0 Å². The van der Waals surface area contributed by atoms with E-state index in [4.69, 9.17) is 5.11 Å². The Morgan fingerprint density at radius 2 is 1.89 bits per heavy atom. The van der Waals surface area contributed by atoms with Crippen molar-refractivity contribution < 1.29 is 22.7 Å². The molecule has 0 unspecified atom stereocenters. The van der Waals surface area contributed by atoms with Crippen molar-refractivity contribution in [3.8, 4) is 0 Å². The van der Waals surface area contributed by atoms with Gasteiger partial charge in [-0.15, -0.1) is 0 Å². The monoisotopic (exact) mass is 275 g/mol. The summed E-state index contributed by atoms with van der Waals surface area (Å²) in [6.45, 7) is 4.80. The number of carbonyl (C=O) groups is 1. The average molecular weight is 275 g/mol. The average Bonchev–Trinajstić information content (AvgIpc) is 2.12. The lowest BCUT2D eigenvalue weighted by Gasteiger charge is -2.21. The molecule has 0 heterocycles. The van der Waals surface area contributed by atoms with E-state index in [1.165, 1.54) is 0 Å². The van der Waals surface area contributed by atoms with Gasteiger partial charge in [0.1, 0.15) is 11.4 Å². The Labute approximate surface area is 105 Å². The summed E-state index contributed by atoms with van der Waals surface area (Å²) in [7, 11) is -4.09. The Balaban J connectivity index is 3.43. The molecule has 7 heteroatoms. The highest BCUT2D eigenvalue weighted by atomic mass is 32.2. The fourth-order valence-corrected chi connectivity index (χ4v) is 3.02. The number of nitrogens with one attached hydrogen (secondary N) is 1. The van der Waals surface area contributed by atoms with Crippen molar-refractivity contribution in [2.45, 2.75) is 31.2 Å². The third kappa shape index (κ3) is 3.27. The van der Waals surface area contributed by atoms with Gasteiger partial charge in [0, 0.05) is 5.54 Å². The predicted octanol–water partition coefficient (Wildman–Crippen LogP) is 1.60. The molecule has 1 rings (SSSR count). The molecule has 18 heavy (non-hydrogen) atoms. The summed E-state index contributed by atoms with van der Waals surface area (Å²) in [6, 6.07) is 3.11. The molecule has 0 aromatic heterocycles. The van der Waals surface area contributed by atoms with Gasteiger partial charge in [0.25, 0.3) is 0 Å². The van der Waals surface area contributed by atoms with Crippen molar-refractivity contribution in [3.63, 3.8) is 0 Å². The Hall–Kier alpha value is -1.47. The fourth-order valence-electron chi connectivity index (χ4n) is 1.39. The molecule has 100 valence electrons. The Kier molecular flexibility index (Phi) is 3.78. The SMILES string of the molecule is CC(C)(C)NS(=O)(=O)c1cccc(F)c1C(=O)O. The maximum absolute atomic E-state index is 13.4. The smallest absolute Gasteiger partial charge is 0.340 e. The lowest BCUT2D eigenvalue weighted by molar-refractivity contribution is 0.0687. The molecular weight excluding hydrogens is 261 g/mol. The van der Waals surface area contributed by atoms with E-state index in [0.717, 1.165) is 18.2 Å². The molecule has 0 fully saturated rings. The quantitative estimate of drug-likeness (QED) is 0.877. The number of rotatable bonds is 3. The summed E-state index contributed by atoms with van der Waals surface area (Å²) >= 11 is 0. The van der Waals surface area contributed by atoms with E-state index in [0.29, 0.717) is 0 Å². The van der Waals surface area contributed by atoms with Crippen LogP contribution >= 0.6 is 0 Å². The van der Waals surface area contributed by atoms with Gasteiger partial charge in [-0.3, -0.25) is 0 Å². The molecule has 2 N–H and O–H groups in total. The van der Waals surface area contributed by atoms with Crippen LogP contribution in [0, 0.1) is 5.82 Å². The molecule has 0 radical (unpaired) electrons. The Bertz CT molecular complexity index is 575. The molecule has 0 bridgehead atoms. The van der Waals surface area contributed by atoms with Crippen LogP contribution in [0.5, 0.6) is 0 Å². The molecule has 0 aliphatic heterocycles. The second-order valence-corrected chi connectivity index (χ2v) is 6.42. The number of halogens is 1. The zero-order valence-corrected chi connectivity index (χ0v) is 11.0. The minimum absolute atomic E-state index is 0.579. The van der Waals surface area contributed by atoms with Crippen LogP contribution in [-0.4, -0.2) is 25.0 Å². The zero-order valence-electron chi connectivity index (χ0n) is 10.2. The van der Waals surface area contributed by atoms with Crippen molar-refractivity contribution in [2.24, 2.45) is 0 Å². The summed E-state index contributed by atoms with van der Waals surface area (Å²) in [6.07, 6.45) is 0. The van der Waals surface area contributed by atoms with Gasteiger partial charge in [0.15, 0.2) is 0 Å². The van der Waals surface area contributed by atoms with Crippen molar-refractivity contribution in [2.75, 3.05) is 0 Å². The van der Waals surface area contributed by atoms with Gasteiger partial charge in [0.05, 0.1) is 4.90 Å². The van der Waals surface area contributed by atoms with E-state index >= 15 is 0 Å². The van der Waals surface area contributed by atoms with Crippen molar-refractivity contribution in [3.05, 3.63) is 29.6 Å². The zero-order chi connectivity index (χ0) is 14.1. The standard InChI is InChI=1S/C11H14FNO4S/c1-11(2,3)13-18(16,17)8-6-4-5-7(12)9(8)10(14)15/h4-6,13H,1-3H3,(H,14,15). The molecule has 0 saturated heterocycles. The van der Waals surface area contributed by atoms with Crippen molar-refractivity contribution >= 4 is 16.0 Å². The van der Waals surface area contributed by atoms with Crippen LogP contribution in [0.3, 0.4) is 0 Å². The largest absolute Gasteiger partial charge is 0.478 e. The Morgan fingerprint density at radius 3 is 2.33 bits per heavy atom. The number of benzene rings is 1. The van der Waals surface area contributed by atoms with Gasteiger partial charge >= 0.3 is 5.97 Å². The molecule has 0 amide bonds. The van der Waals surface area contributed by atoms with Gasteiger partial charge in [-0.2, -0.15) is 0 Å². The lowest BCUT2D eigenvalue weighted by Crippen LogP contribution is -2.41. The van der Waals surface area contributed by atoms with Gasteiger partial charge in [-0.1, -0.05) is 6.07 Å². The molecule has 1 aromatic rings. The molecule has 1 aromatic carbocycles. The third-order valence-corrected chi connectivity index (χ3v) is 3.72. The first-order chi connectivity index (χ1) is 8.04. The third-order valence-electron chi connectivity index (χ3n) is 1.92. The van der Waals surface area contributed by atoms with Crippen LogP contribution in [0.1, 0.15) is 31.1 Å². The summed E-state index contributed by atoms with van der Waals surface area (Å²) in [5, 5.41) is 8.88. The number of carboxylic acids is 1. The lowest BCUT2D eigenvalue weighted by atomic mass is 10.1. The number of carboxylic acid groups (broad SMARTS) is 1. The maximum Gasteiger partial charge on any atom is 0.340 e. The van der Waals surface area contributed by atoms with E-state index < -0.39 is 37.8 Å². The van der Waals surface area contributed by atoms with Crippen LogP contribution in [0.25, 0.3) is 0 Å². The minimum atomic E-state index is -4.09. The fraction of sp³-hybridized carbons (Fsp3) is 0.364. The van der Waals surface area contributed by atoms with E-state index in [9.17, 15) is 17.6 Å². The van der Waals surface area contributed by atoms with E-state index in [-0.39, 0.29) is 0 Å². The molecule has 0 spiro atoms. The molecule has 0 aliphatic rings. The van der Waals surface area contributed by atoms with Gasteiger partial charge in [0.2, 0.25) is 10.0 Å². The molecule has 0 saturated carbocycles. The summed E-state index contributed by atoms with van der Waals surface area (Å²) in [5.74, 6) is -2.71. The normalized spacial score (nSPS) is 12.4. The van der Waals surface area contributed by atoms with Gasteiger partial charge in [-0.05, 0) is 32.9 Å². The van der Waals surface area contributed by atoms with E-state index in [2.05, 4.69) is 4.72 Å². The maximum atomic E-state index is 13.4. The summed E-state index contributed by atoms with van der Waals surface area (Å²) < 4.78 is 39.6. The number of hydrogen-bond donors (Lipinski definition) is 2. The molecule has 0 aliphatic carbocycles. The topological polar surface area (TPSA) is 83.5 Å². The molecule has 0 atom stereocenters. The highest BCUT2D eigenvalue weighted by Crippen LogP contribution is 2.20. The number of sulfonamides is 1. The predicted molar refractivity (Wildman–Crippen MR) is 63.4 cm³/mol. The first kappa shape index (κ1) is 14.6. The molecular formula is C11H14FNO4S. The highest BCUT2D eigenvalue weighted by molar-refractivity contribution is 7.89. The second kappa shape index (κ2) is 4.66. The first-order valence-electron chi connectivity index (χ1n) is 5.10. The van der Waals surface area contributed by atoms with Gasteiger partial charge < -0.3 is 5.11 Å². The van der Waals surface area contributed by atoms with Crippen molar-refractivity contribution in [1.29, 1.82) is 0 Å². The van der Waals surface area contributed by atoms with Crippen molar-refractivity contribution in [1.82, 2.24) is 4.72 Å². The van der Waals surface area contributed by atoms with E-state index in [1.807, 2.05) is 0 Å². The van der Waals surface area contributed by atoms with Gasteiger partial charge in [-0.25, -0.2) is 22.3 Å². The van der Waals surface area contributed by atoms with Crippen LogP contribution in [0.2, 0.25) is 0 Å². The van der Waals surface area contributed by atoms with Crippen LogP contribution < -0.4 is 4.72 Å². The van der Waals surface area contributed by atoms with Crippen LogP contribution in [0.15, 0.2) is 23.1 Å². The van der Waals surface area contributed by atoms with E-state index in [1.54, 1.807) is 20.8 Å².